The SMILES string of the molecule is NC(=O)c1noc(-c2cccc(N)c2O)n1. The van der Waals surface area contributed by atoms with E-state index < -0.39 is 5.91 Å². The summed E-state index contributed by atoms with van der Waals surface area (Å²) in [5, 5.41) is 13.0. The average Bonchev–Trinajstić information content (AvgIpc) is 2.71. The minimum absolute atomic E-state index is 0.0152. The molecule has 0 fully saturated rings. The van der Waals surface area contributed by atoms with Crippen LogP contribution in [-0.2, 0) is 0 Å². The van der Waals surface area contributed by atoms with Crippen LogP contribution in [0.5, 0.6) is 5.75 Å². The van der Waals surface area contributed by atoms with Gasteiger partial charge >= 0.3 is 0 Å². The maximum absolute atomic E-state index is 10.7. The number of amides is 1. The molecule has 0 radical (unpaired) electrons. The van der Waals surface area contributed by atoms with Crippen LogP contribution in [0.3, 0.4) is 0 Å². The summed E-state index contributed by atoms with van der Waals surface area (Å²) in [5.74, 6) is -1.25. The minimum atomic E-state index is -0.807. The zero-order chi connectivity index (χ0) is 11.7. The molecule has 1 aromatic heterocycles. The summed E-state index contributed by atoms with van der Waals surface area (Å²) in [6, 6.07) is 4.66. The number of primary amides is 1. The van der Waals surface area contributed by atoms with Crippen LogP contribution in [-0.4, -0.2) is 21.2 Å². The van der Waals surface area contributed by atoms with Gasteiger partial charge in [0.1, 0.15) is 0 Å². The molecule has 5 N–H and O–H groups in total. The van der Waals surface area contributed by atoms with Crippen LogP contribution in [0.15, 0.2) is 22.7 Å². The van der Waals surface area contributed by atoms with E-state index in [1.54, 1.807) is 6.07 Å². The van der Waals surface area contributed by atoms with Crippen LogP contribution < -0.4 is 11.5 Å². The molecule has 1 amide bonds. The predicted molar refractivity (Wildman–Crippen MR) is 54.3 cm³/mol. The van der Waals surface area contributed by atoms with Gasteiger partial charge in [-0.3, -0.25) is 4.79 Å². The fraction of sp³-hybridized carbons (Fsp3) is 0. The van der Waals surface area contributed by atoms with E-state index in [1.165, 1.54) is 12.1 Å². The largest absolute Gasteiger partial charge is 0.505 e. The predicted octanol–water partition coefficient (Wildman–Crippen LogP) is 0.123. The quantitative estimate of drug-likeness (QED) is 0.487. The molecule has 2 aromatic rings. The first-order chi connectivity index (χ1) is 7.59. The van der Waals surface area contributed by atoms with E-state index in [0.29, 0.717) is 0 Å². The van der Waals surface area contributed by atoms with Gasteiger partial charge in [-0.2, -0.15) is 4.98 Å². The van der Waals surface area contributed by atoms with Crippen molar-refractivity contribution in [2.75, 3.05) is 5.73 Å². The summed E-state index contributed by atoms with van der Waals surface area (Å²) in [5.41, 5.74) is 10.9. The lowest BCUT2D eigenvalue weighted by molar-refractivity contribution is 0.0987. The number of nitrogen functional groups attached to an aromatic ring is 1. The normalized spacial score (nSPS) is 10.2. The van der Waals surface area contributed by atoms with E-state index in [2.05, 4.69) is 10.1 Å². The van der Waals surface area contributed by atoms with Crippen molar-refractivity contribution >= 4 is 11.6 Å². The molecule has 0 aliphatic rings. The maximum Gasteiger partial charge on any atom is 0.290 e. The Morgan fingerprint density at radius 3 is 2.81 bits per heavy atom. The number of anilines is 1. The fourth-order valence-corrected chi connectivity index (χ4v) is 1.17. The van der Waals surface area contributed by atoms with E-state index in [9.17, 15) is 9.90 Å². The van der Waals surface area contributed by atoms with Crippen LogP contribution in [0.25, 0.3) is 11.5 Å². The summed E-state index contributed by atoms with van der Waals surface area (Å²) in [4.78, 5) is 14.5. The third-order valence-electron chi connectivity index (χ3n) is 1.94. The van der Waals surface area contributed by atoms with Crippen molar-refractivity contribution in [2.24, 2.45) is 5.73 Å². The topological polar surface area (TPSA) is 128 Å². The molecule has 0 saturated carbocycles. The fourth-order valence-electron chi connectivity index (χ4n) is 1.17. The van der Waals surface area contributed by atoms with Gasteiger partial charge in [0.05, 0.1) is 11.3 Å². The Balaban J connectivity index is 2.50. The molecule has 7 heteroatoms. The third-order valence-corrected chi connectivity index (χ3v) is 1.94. The molecule has 7 nitrogen and oxygen atoms in total. The number of hydrogen-bond acceptors (Lipinski definition) is 6. The van der Waals surface area contributed by atoms with Crippen LogP contribution in [0.4, 0.5) is 5.69 Å². The van der Waals surface area contributed by atoms with Crippen molar-refractivity contribution < 1.29 is 14.4 Å². The van der Waals surface area contributed by atoms with E-state index in [-0.39, 0.29) is 28.7 Å². The lowest BCUT2D eigenvalue weighted by atomic mass is 10.2. The highest BCUT2D eigenvalue weighted by atomic mass is 16.5. The van der Waals surface area contributed by atoms with Crippen molar-refractivity contribution in [1.82, 2.24) is 10.1 Å². The number of phenols is 1. The van der Waals surface area contributed by atoms with Crippen LogP contribution >= 0.6 is 0 Å². The molecule has 1 aromatic carbocycles. The highest BCUT2D eigenvalue weighted by molar-refractivity contribution is 5.89. The molecule has 0 bridgehead atoms. The standard InChI is InChI=1S/C9H8N4O3/c10-5-3-1-2-4(6(5)14)9-12-8(7(11)15)13-16-9/h1-3,14H,10H2,(H2,11,15). The van der Waals surface area contributed by atoms with E-state index in [4.69, 9.17) is 16.0 Å². The monoisotopic (exact) mass is 220 g/mol. The first kappa shape index (κ1) is 9.97. The molecule has 0 unspecified atom stereocenters. The third kappa shape index (κ3) is 1.54. The van der Waals surface area contributed by atoms with Crippen molar-refractivity contribution in [2.45, 2.75) is 0 Å². The number of para-hydroxylation sites is 1. The summed E-state index contributed by atoms with van der Waals surface area (Å²) >= 11 is 0. The Bertz CT molecular complexity index is 549. The van der Waals surface area contributed by atoms with Gasteiger partial charge in [-0.05, 0) is 12.1 Å². The van der Waals surface area contributed by atoms with E-state index in [1.807, 2.05) is 0 Å². The highest BCUT2D eigenvalue weighted by Gasteiger charge is 2.16. The van der Waals surface area contributed by atoms with Crippen molar-refractivity contribution in [1.29, 1.82) is 0 Å². The molecule has 1 heterocycles. The Morgan fingerprint density at radius 2 is 2.19 bits per heavy atom. The molecule has 2 rings (SSSR count). The lowest BCUT2D eigenvalue weighted by Crippen LogP contribution is -2.12. The number of aromatic hydroxyl groups is 1. The summed E-state index contributed by atoms with van der Waals surface area (Å²) in [7, 11) is 0. The smallest absolute Gasteiger partial charge is 0.290 e. The molecule has 82 valence electrons. The molecule has 0 saturated heterocycles. The molecule has 0 aliphatic carbocycles. The van der Waals surface area contributed by atoms with Gasteiger partial charge < -0.3 is 21.1 Å². The number of aromatic nitrogens is 2. The lowest BCUT2D eigenvalue weighted by Gasteiger charge is -2.01. The van der Waals surface area contributed by atoms with Crippen LogP contribution in [0, 0.1) is 0 Å². The number of hydrogen-bond donors (Lipinski definition) is 3. The average molecular weight is 220 g/mol. The number of nitrogens with two attached hydrogens (primary N) is 2. The van der Waals surface area contributed by atoms with E-state index >= 15 is 0 Å². The second-order valence-corrected chi connectivity index (χ2v) is 3.03. The van der Waals surface area contributed by atoms with Gasteiger partial charge in [0, 0.05) is 0 Å². The number of rotatable bonds is 2. The zero-order valence-corrected chi connectivity index (χ0v) is 8.04. The zero-order valence-electron chi connectivity index (χ0n) is 8.04. The van der Waals surface area contributed by atoms with Crippen molar-refractivity contribution in [3.63, 3.8) is 0 Å². The number of carbonyl (C=O) groups excluding carboxylic acids is 1. The summed E-state index contributed by atoms with van der Waals surface area (Å²) < 4.78 is 4.77. The second-order valence-electron chi connectivity index (χ2n) is 3.03. The first-order valence-corrected chi connectivity index (χ1v) is 4.31. The summed E-state index contributed by atoms with van der Waals surface area (Å²) in [6.07, 6.45) is 0. The molecule has 0 spiro atoms. The highest BCUT2D eigenvalue weighted by Crippen LogP contribution is 2.32. The Labute approximate surface area is 89.7 Å². The second kappa shape index (κ2) is 3.54. The maximum atomic E-state index is 10.7. The van der Waals surface area contributed by atoms with Gasteiger partial charge in [0.25, 0.3) is 17.6 Å². The molecule has 0 aliphatic heterocycles. The Morgan fingerprint density at radius 1 is 1.44 bits per heavy atom. The molecular formula is C9H8N4O3. The van der Waals surface area contributed by atoms with Gasteiger partial charge in [-0.1, -0.05) is 11.2 Å². The van der Waals surface area contributed by atoms with Crippen LogP contribution in [0.1, 0.15) is 10.6 Å². The van der Waals surface area contributed by atoms with E-state index in [0.717, 1.165) is 0 Å². The van der Waals surface area contributed by atoms with Gasteiger partial charge in [-0.15, -0.1) is 0 Å². The summed E-state index contributed by atoms with van der Waals surface area (Å²) in [6.45, 7) is 0. The van der Waals surface area contributed by atoms with Crippen molar-refractivity contribution in [3.05, 3.63) is 24.0 Å². The first-order valence-electron chi connectivity index (χ1n) is 4.31. The van der Waals surface area contributed by atoms with Crippen molar-refractivity contribution in [3.8, 4) is 17.2 Å². The molecule has 0 atom stereocenters. The number of carbonyl (C=O) groups is 1. The van der Waals surface area contributed by atoms with Gasteiger partial charge in [0.15, 0.2) is 5.75 Å². The number of benzene rings is 1. The van der Waals surface area contributed by atoms with Crippen LogP contribution in [0.2, 0.25) is 0 Å². The molecular weight excluding hydrogens is 212 g/mol. The minimum Gasteiger partial charge on any atom is -0.505 e. The van der Waals surface area contributed by atoms with Gasteiger partial charge in [0.2, 0.25) is 0 Å². The Hall–Kier alpha value is -2.57. The molecule has 16 heavy (non-hydrogen) atoms. The number of nitrogens with zero attached hydrogens (tertiary/aromatic N) is 2. The number of phenolic OH excluding ortho intramolecular Hbond substituents is 1. The Kier molecular flexibility index (Phi) is 2.20. The van der Waals surface area contributed by atoms with Gasteiger partial charge in [-0.25, -0.2) is 0 Å².